The van der Waals surface area contributed by atoms with Gasteiger partial charge in [-0.3, -0.25) is 4.90 Å². The molecule has 1 aromatic heterocycles. The van der Waals surface area contributed by atoms with Crippen molar-refractivity contribution in [2.24, 2.45) is 0 Å². The number of rotatable bonds is 4. The van der Waals surface area contributed by atoms with Gasteiger partial charge in [-0.2, -0.15) is 5.10 Å². The van der Waals surface area contributed by atoms with Crippen molar-refractivity contribution in [1.82, 2.24) is 24.6 Å². The van der Waals surface area contributed by atoms with E-state index < -0.39 is 0 Å². The molecular formula is C16H23N5. The highest BCUT2D eigenvalue weighted by Gasteiger charge is 2.12. The molecule has 5 heteroatoms. The fraction of sp³-hybridized carbons (Fsp3) is 0.500. The van der Waals surface area contributed by atoms with Crippen LogP contribution in [0.4, 0.5) is 0 Å². The maximum atomic E-state index is 4.14. The third-order valence-corrected chi connectivity index (χ3v) is 4.05. The van der Waals surface area contributed by atoms with Crippen LogP contribution in [0.5, 0.6) is 0 Å². The molecular weight excluding hydrogens is 262 g/mol. The van der Waals surface area contributed by atoms with Gasteiger partial charge in [-0.15, -0.1) is 0 Å². The van der Waals surface area contributed by atoms with E-state index in [1.54, 1.807) is 12.7 Å². The summed E-state index contributed by atoms with van der Waals surface area (Å²) in [4.78, 5) is 8.94. The maximum Gasteiger partial charge on any atom is 0.137 e. The largest absolute Gasteiger partial charge is 0.305 e. The zero-order chi connectivity index (χ0) is 14.5. The second kappa shape index (κ2) is 6.83. The van der Waals surface area contributed by atoms with E-state index in [-0.39, 0.29) is 0 Å². The molecule has 1 fully saturated rings. The van der Waals surface area contributed by atoms with Gasteiger partial charge in [0, 0.05) is 19.6 Å². The number of hydrogen-bond acceptors (Lipinski definition) is 4. The van der Waals surface area contributed by atoms with Crippen molar-refractivity contribution in [2.75, 3.05) is 33.2 Å². The van der Waals surface area contributed by atoms with E-state index in [2.05, 4.69) is 51.2 Å². The summed E-state index contributed by atoms with van der Waals surface area (Å²) in [6.07, 6.45) is 4.59. The highest BCUT2D eigenvalue weighted by Crippen LogP contribution is 2.10. The van der Waals surface area contributed by atoms with Gasteiger partial charge in [-0.05, 0) is 37.7 Å². The van der Waals surface area contributed by atoms with Gasteiger partial charge in [0.05, 0.1) is 6.54 Å². The Morgan fingerprint density at radius 2 is 1.71 bits per heavy atom. The number of aromatic nitrogens is 3. The molecule has 0 amide bonds. The molecule has 0 radical (unpaired) electrons. The Hall–Kier alpha value is -1.72. The summed E-state index contributed by atoms with van der Waals surface area (Å²) < 4.78 is 1.85. The zero-order valence-corrected chi connectivity index (χ0v) is 12.6. The topological polar surface area (TPSA) is 37.2 Å². The zero-order valence-electron chi connectivity index (χ0n) is 12.6. The fourth-order valence-electron chi connectivity index (χ4n) is 2.77. The van der Waals surface area contributed by atoms with Crippen LogP contribution in [0.15, 0.2) is 36.9 Å². The molecule has 2 aromatic rings. The Kier molecular flexibility index (Phi) is 4.62. The van der Waals surface area contributed by atoms with Crippen LogP contribution in [0.1, 0.15) is 17.5 Å². The minimum Gasteiger partial charge on any atom is -0.305 e. The summed E-state index contributed by atoms with van der Waals surface area (Å²) in [7, 11) is 2.21. The number of nitrogens with zero attached hydrogens (tertiary/aromatic N) is 5. The monoisotopic (exact) mass is 285 g/mol. The fourth-order valence-corrected chi connectivity index (χ4v) is 2.77. The van der Waals surface area contributed by atoms with E-state index in [0.29, 0.717) is 0 Å². The first-order chi connectivity index (χ1) is 10.3. The average Bonchev–Trinajstić information content (AvgIpc) is 2.91. The first kappa shape index (κ1) is 14.2. The maximum absolute atomic E-state index is 4.14. The quantitative estimate of drug-likeness (QED) is 0.852. The Balaban J connectivity index is 1.56. The van der Waals surface area contributed by atoms with Gasteiger partial charge < -0.3 is 4.90 Å². The molecule has 1 aliphatic heterocycles. The molecule has 0 atom stereocenters. The Morgan fingerprint density at radius 3 is 2.43 bits per heavy atom. The lowest BCUT2D eigenvalue weighted by molar-refractivity contribution is 0.269. The van der Waals surface area contributed by atoms with Crippen LogP contribution in [0, 0.1) is 0 Å². The predicted molar refractivity (Wildman–Crippen MR) is 83.0 cm³/mol. The van der Waals surface area contributed by atoms with E-state index in [4.69, 9.17) is 0 Å². The van der Waals surface area contributed by atoms with Crippen molar-refractivity contribution in [3.05, 3.63) is 48.0 Å². The summed E-state index contributed by atoms with van der Waals surface area (Å²) >= 11 is 0. The SMILES string of the molecule is CN1CCCN(Cc2ccc(Cn3cncn3)cc2)CC1. The highest BCUT2D eigenvalue weighted by molar-refractivity contribution is 5.22. The van der Waals surface area contributed by atoms with Crippen molar-refractivity contribution < 1.29 is 0 Å². The van der Waals surface area contributed by atoms with Gasteiger partial charge in [0.2, 0.25) is 0 Å². The first-order valence-corrected chi connectivity index (χ1v) is 7.61. The van der Waals surface area contributed by atoms with E-state index in [1.807, 2.05) is 4.68 Å². The molecule has 5 nitrogen and oxygen atoms in total. The van der Waals surface area contributed by atoms with Crippen LogP contribution in [0.3, 0.4) is 0 Å². The molecule has 3 rings (SSSR count). The molecule has 0 unspecified atom stereocenters. The second-order valence-electron chi connectivity index (χ2n) is 5.84. The molecule has 0 spiro atoms. The van der Waals surface area contributed by atoms with Crippen molar-refractivity contribution in [3.8, 4) is 0 Å². The lowest BCUT2D eigenvalue weighted by Crippen LogP contribution is -2.28. The molecule has 0 aliphatic carbocycles. The van der Waals surface area contributed by atoms with Crippen LogP contribution < -0.4 is 0 Å². The molecule has 1 aliphatic rings. The summed E-state index contributed by atoms with van der Waals surface area (Å²) in [5.41, 5.74) is 2.65. The highest BCUT2D eigenvalue weighted by atomic mass is 15.3. The van der Waals surface area contributed by atoms with Gasteiger partial charge in [0.1, 0.15) is 12.7 Å². The van der Waals surface area contributed by atoms with Crippen LogP contribution >= 0.6 is 0 Å². The van der Waals surface area contributed by atoms with Crippen LogP contribution in [0.25, 0.3) is 0 Å². The van der Waals surface area contributed by atoms with Crippen LogP contribution in [0.2, 0.25) is 0 Å². The Bertz CT molecular complexity index is 534. The van der Waals surface area contributed by atoms with Crippen molar-refractivity contribution in [1.29, 1.82) is 0 Å². The predicted octanol–water partition coefficient (Wildman–Crippen LogP) is 1.46. The van der Waals surface area contributed by atoms with Gasteiger partial charge in [0.15, 0.2) is 0 Å². The smallest absolute Gasteiger partial charge is 0.137 e. The third kappa shape index (κ3) is 4.12. The van der Waals surface area contributed by atoms with Gasteiger partial charge in [-0.1, -0.05) is 24.3 Å². The summed E-state index contributed by atoms with van der Waals surface area (Å²) in [6, 6.07) is 8.86. The van der Waals surface area contributed by atoms with E-state index in [9.17, 15) is 0 Å². The van der Waals surface area contributed by atoms with Gasteiger partial charge in [-0.25, -0.2) is 9.67 Å². The van der Waals surface area contributed by atoms with E-state index >= 15 is 0 Å². The normalized spacial score (nSPS) is 17.8. The Morgan fingerprint density at radius 1 is 0.952 bits per heavy atom. The minimum atomic E-state index is 0.786. The number of hydrogen-bond donors (Lipinski definition) is 0. The lowest BCUT2D eigenvalue weighted by atomic mass is 10.1. The average molecular weight is 285 g/mol. The summed E-state index contributed by atoms with van der Waals surface area (Å²) in [5.74, 6) is 0. The van der Waals surface area contributed by atoms with Crippen molar-refractivity contribution in [2.45, 2.75) is 19.5 Å². The van der Waals surface area contributed by atoms with Crippen molar-refractivity contribution >= 4 is 0 Å². The molecule has 1 aromatic carbocycles. The second-order valence-corrected chi connectivity index (χ2v) is 5.84. The summed E-state index contributed by atoms with van der Waals surface area (Å²) in [5, 5.41) is 4.14. The van der Waals surface area contributed by atoms with Crippen LogP contribution in [-0.4, -0.2) is 57.8 Å². The Labute approximate surface area is 126 Å². The molecule has 0 bridgehead atoms. The van der Waals surface area contributed by atoms with Gasteiger partial charge in [0.25, 0.3) is 0 Å². The standard InChI is InChI=1S/C16H23N5/c1-19-7-2-8-20(10-9-19)11-15-3-5-16(6-4-15)12-21-14-17-13-18-21/h3-6,13-14H,2,7-12H2,1H3. The van der Waals surface area contributed by atoms with E-state index in [1.165, 1.54) is 37.2 Å². The van der Waals surface area contributed by atoms with E-state index in [0.717, 1.165) is 19.6 Å². The molecule has 1 saturated heterocycles. The third-order valence-electron chi connectivity index (χ3n) is 4.05. The molecule has 21 heavy (non-hydrogen) atoms. The number of benzene rings is 1. The number of likely N-dealkylation sites (N-methyl/N-ethyl adjacent to an activating group) is 1. The van der Waals surface area contributed by atoms with Crippen molar-refractivity contribution in [3.63, 3.8) is 0 Å². The first-order valence-electron chi connectivity index (χ1n) is 7.61. The minimum absolute atomic E-state index is 0.786. The van der Waals surface area contributed by atoms with Crippen LogP contribution in [-0.2, 0) is 13.1 Å². The molecule has 112 valence electrons. The lowest BCUT2D eigenvalue weighted by Gasteiger charge is -2.20. The van der Waals surface area contributed by atoms with Gasteiger partial charge >= 0.3 is 0 Å². The molecule has 2 heterocycles. The molecule has 0 saturated carbocycles. The summed E-state index contributed by atoms with van der Waals surface area (Å²) in [6.45, 7) is 6.59. The molecule has 0 N–H and O–H groups in total.